The first kappa shape index (κ1) is 19.2. The van der Waals surface area contributed by atoms with E-state index in [0.29, 0.717) is 19.4 Å². The lowest BCUT2D eigenvalue weighted by Gasteiger charge is -2.27. The molecule has 3 atom stereocenters. The van der Waals surface area contributed by atoms with Crippen LogP contribution in [0.25, 0.3) is 0 Å². The van der Waals surface area contributed by atoms with Gasteiger partial charge in [0.1, 0.15) is 18.6 Å². The third-order valence-electron chi connectivity index (χ3n) is 3.52. The second kappa shape index (κ2) is 8.73. The van der Waals surface area contributed by atoms with Crippen molar-refractivity contribution in [2.45, 2.75) is 37.9 Å². The molecule has 1 rings (SSSR count). The molecule has 0 aromatic carbocycles. The van der Waals surface area contributed by atoms with E-state index in [9.17, 15) is 19.2 Å². The number of hydrogen-bond acceptors (Lipinski definition) is 6. The highest BCUT2D eigenvalue weighted by atomic mass is 32.1. The summed E-state index contributed by atoms with van der Waals surface area (Å²) in [6.45, 7) is 1.34. The molecule has 9 nitrogen and oxygen atoms in total. The van der Waals surface area contributed by atoms with Gasteiger partial charge in [-0.15, -0.1) is 0 Å². The molecule has 0 aromatic rings. The molecule has 130 valence electrons. The number of carboxylic acids is 1. The number of hydrogen-bond donors (Lipinski definition) is 5. The SMILES string of the molecule is C[C@H](NC(=O)[C@@H]1CCCN1C(=O)[C@@H](N)CS)C(=O)NCC(=O)O. The van der Waals surface area contributed by atoms with Gasteiger partial charge in [-0.25, -0.2) is 0 Å². The molecular formula is C13H22N4O5S. The number of amides is 3. The van der Waals surface area contributed by atoms with Crippen molar-refractivity contribution < 1.29 is 24.3 Å². The molecule has 0 aliphatic carbocycles. The molecule has 10 heteroatoms. The van der Waals surface area contributed by atoms with Gasteiger partial charge in [0.2, 0.25) is 17.7 Å². The summed E-state index contributed by atoms with van der Waals surface area (Å²) in [6, 6.07) is -2.36. The van der Waals surface area contributed by atoms with Gasteiger partial charge in [0.05, 0.1) is 6.04 Å². The smallest absolute Gasteiger partial charge is 0.322 e. The predicted molar refractivity (Wildman–Crippen MR) is 84.8 cm³/mol. The summed E-state index contributed by atoms with van der Waals surface area (Å²) in [4.78, 5) is 47.9. The first-order valence-corrected chi connectivity index (χ1v) is 7.88. The van der Waals surface area contributed by atoms with Gasteiger partial charge < -0.3 is 26.4 Å². The zero-order chi connectivity index (χ0) is 17.6. The minimum atomic E-state index is -1.18. The standard InChI is InChI=1S/C13H22N4O5S/c1-7(11(20)15-5-10(18)19)16-12(21)9-3-2-4-17(9)13(22)8(14)6-23/h7-9,23H,2-6,14H2,1H3,(H,15,20)(H,16,21)(H,18,19)/t7-,8-,9-/m0/s1. The fourth-order valence-electron chi connectivity index (χ4n) is 2.29. The Morgan fingerprint density at radius 1 is 1.39 bits per heavy atom. The Morgan fingerprint density at radius 3 is 2.61 bits per heavy atom. The number of rotatable bonds is 7. The molecule has 1 heterocycles. The van der Waals surface area contributed by atoms with Crippen molar-refractivity contribution in [2.75, 3.05) is 18.8 Å². The second-order valence-corrected chi connectivity index (χ2v) is 5.69. The van der Waals surface area contributed by atoms with E-state index in [1.54, 1.807) is 0 Å². The molecular weight excluding hydrogens is 324 g/mol. The third kappa shape index (κ3) is 5.39. The van der Waals surface area contributed by atoms with Gasteiger partial charge in [0, 0.05) is 12.3 Å². The Kier molecular flexibility index (Phi) is 7.30. The van der Waals surface area contributed by atoms with Crippen LogP contribution in [0.5, 0.6) is 0 Å². The van der Waals surface area contributed by atoms with Gasteiger partial charge in [0.25, 0.3) is 0 Å². The van der Waals surface area contributed by atoms with Gasteiger partial charge in [-0.3, -0.25) is 19.2 Å². The largest absolute Gasteiger partial charge is 0.480 e. The summed E-state index contributed by atoms with van der Waals surface area (Å²) in [5.41, 5.74) is 5.66. The molecule has 0 bridgehead atoms. The lowest BCUT2D eigenvalue weighted by Crippen LogP contribution is -2.55. The molecule has 3 amide bonds. The van der Waals surface area contributed by atoms with Gasteiger partial charge in [-0.2, -0.15) is 12.6 Å². The topological polar surface area (TPSA) is 142 Å². The minimum Gasteiger partial charge on any atom is -0.480 e. The molecule has 0 saturated carbocycles. The van der Waals surface area contributed by atoms with E-state index < -0.39 is 42.5 Å². The third-order valence-corrected chi connectivity index (χ3v) is 3.91. The van der Waals surface area contributed by atoms with Crippen molar-refractivity contribution in [3.05, 3.63) is 0 Å². The molecule has 0 spiro atoms. The van der Waals surface area contributed by atoms with E-state index in [1.807, 2.05) is 0 Å². The summed E-state index contributed by atoms with van der Waals surface area (Å²) in [6.07, 6.45) is 1.16. The van der Waals surface area contributed by atoms with E-state index in [-0.39, 0.29) is 11.7 Å². The number of aliphatic carboxylic acids is 1. The average molecular weight is 346 g/mol. The number of likely N-dealkylation sites (tertiary alicyclic amines) is 1. The van der Waals surface area contributed by atoms with Crippen LogP contribution in [-0.2, 0) is 19.2 Å². The number of nitrogens with two attached hydrogens (primary N) is 1. The van der Waals surface area contributed by atoms with E-state index in [2.05, 4.69) is 23.3 Å². The first-order valence-electron chi connectivity index (χ1n) is 7.24. The molecule has 1 aliphatic rings. The highest BCUT2D eigenvalue weighted by Gasteiger charge is 2.36. The maximum Gasteiger partial charge on any atom is 0.322 e. The van der Waals surface area contributed by atoms with Gasteiger partial charge in [0.15, 0.2) is 0 Å². The Morgan fingerprint density at radius 2 is 2.04 bits per heavy atom. The van der Waals surface area contributed by atoms with E-state index in [4.69, 9.17) is 10.8 Å². The van der Waals surface area contributed by atoms with Crippen molar-refractivity contribution in [2.24, 2.45) is 5.73 Å². The van der Waals surface area contributed by atoms with Gasteiger partial charge in [-0.1, -0.05) is 0 Å². The normalized spacial score (nSPS) is 19.8. The summed E-state index contributed by atoms with van der Waals surface area (Å²) < 4.78 is 0. The number of thiol groups is 1. The van der Waals surface area contributed by atoms with Crippen molar-refractivity contribution >= 4 is 36.3 Å². The quantitative estimate of drug-likeness (QED) is 0.336. The van der Waals surface area contributed by atoms with Crippen LogP contribution in [-0.4, -0.2) is 70.7 Å². The Balaban J connectivity index is 2.60. The average Bonchev–Trinajstić information content (AvgIpc) is 3.00. The van der Waals surface area contributed by atoms with Crippen LogP contribution in [0.2, 0.25) is 0 Å². The molecule has 0 radical (unpaired) electrons. The maximum absolute atomic E-state index is 12.3. The van der Waals surface area contributed by atoms with Crippen LogP contribution in [0.3, 0.4) is 0 Å². The van der Waals surface area contributed by atoms with E-state index in [1.165, 1.54) is 11.8 Å². The Bertz CT molecular complexity index is 487. The number of carboxylic acid groups (broad SMARTS) is 1. The molecule has 1 fully saturated rings. The minimum absolute atomic E-state index is 0.178. The zero-order valence-corrected chi connectivity index (χ0v) is 13.7. The van der Waals surface area contributed by atoms with Crippen LogP contribution in [0.1, 0.15) is 19.8 Å². The highest BCUT2D eigenvalue weighted by molar-refractivity contribution is 7.80. The Labute approximate surface area is 139 Å². The van der Waals surface area contributed by atoms with Crippen molar-refractivity contribution in [1.82, 2.24) is 15.5 Å². The fourth-order valence-corrected chi connectivity index (χ4v) is 2.44. The summed E-state index contributed by atoms with van der Waals surface area (Å²) in [5.74, 6) is -2.41. The number of nitrogens with one attached hydrogen (secondary N) is 2. The van der Waals surface area contributed by atoms with E-state index in [0.717, 1.165) is 0 Å². The van der Waals surface area contributed by atoms with Crippen LogP contribution in [0.15, 0.2) is 0 Å². The predicted octanol–water partition coefficient (Wildman–Crippen LogP) is -2.06. The van der Waals surface area contributed by atoms with Crippen molar-refractivity contribution in [3.63, 3.8) is 0 Å². The number of carbonyl (C=O) groups excluding carboxylic acids is 3. The zero-order valence-electron chi connectivity index (χ0n) is 12.8. The molecule has 5 N–H and O–H groups in total. The lowest BCUT2D eigenvalue weighted by atomic mass is 10.1. The monoisotopic (exact) mass is 346 g/mol. The second-order valence-electron chi connectivity index (χ2n) is 5.32. The lowest BCUT2D eigenvalue weighted by molar-refractivity contribution is -0.140. The molecule has 1 saturated heterocycles. The number of nitrogens with zero attached hydrogens (tertiary/aromatic N) is 1. The van der Waals surface area contributed by atoms with E-state index >= 15 is 0 Å². The van der Waals surface area contributed by atoms with Gasteiger partial charge in [-0.05, 0) is 19.8 Å². The molecule has 0 aromatic heterocycles. The summed E-state index contributed by atoms with van der Waals surface area (Å²) in [5, 5.41) is 13.2. The van der Waals surface area contributed by atoms with Crippen molar-refractivity contribution in [3.8, 4) is 0 Å². The van der Waals surface area contributed by atoms with Crippen LogP contribution in [0.4, 0.5) is 0 Å². The van der Waals surface area contributed by atoms with Crippen LogP contribution >= 0.6 is 12.6 Å². The van der Waals surface area contributed by atoms with Crippen LogP contribution in [0, 0.1) is 0 Å². The van der Waals surface area contributed by atoms with Crippen LogP contribution < -0.4 is 16.4 Å². The van der Waals surface area contributed by atoms with Crippen molar-refractivity contribution in [1.29, 1.82) is 0 Å². The Hall–Kier alpha value is -1.81. The first-order chi connectivity index (χ1) is 10.8. The maximum atomic E-state index is 12.3. The fraction of sp³-hybridized carbons (Fsp3) is 0.692. The van der Waals surface area contributed by atoms with Gasteiger partial charge >= 0.3 is 5.97 Å². The highest BCUT2D eigenvalue weighted by Crippen LogP contribution is 2.18. The summed E-state index contributed by atoms with van der Waals surface area (Å²) in [7, 11) is 0. The molecule has 23 heavy (non-hydrogen) atoms. The summed E-state index contributed by atoms with van der Waals surface area (Å²) >= 11 is 3.98. The molecule has 1 aliphatic heterocycles. The number of carbonyl (C=O) groups is 4. The molecule has 0 unspecified atom stereocenters.